The van der Waals surface area contributed by atoms with Gasteiger partial charge in [-0.2, -0.15) is 11.3 Å². The summed E-state index contributed by atoms with van der Waals surface area (Å²) in [6.07, 6.45) is 1.06. The van der Waals surface area contributed by atoms with Crippen LogP contribution in [0.4, 0.5) is 5.95 Å². The maximum atomic E-state index is 4.53. The van der Waals surface area contributed by atoms with Gasteiger partial charge in [0.15, 0.2) is 0 Å². The molecule has 0 spiro atoms. The molecule has 0 aromatic carbocycles. The number of hydrogen-bond acceptors (Lipinski definition) is 4. The highest BCUT2D eigenvalue weighted by Crippen LogP contribution is 2.31. The summed E-state index contributed by atoms with van der Waals surface area (Å²) >= 11 is 5.20. The molecule has 5 heteroatoms. The average Bonchev–Trinajstić information content (AvgIpc) is 2.72. The van der Waals surface area contributed by atoms with E-state index in [0.29, 0.717) is 5.95 Å². The van der Waals surface area contributed by atoms with E-state index in [-0.39, 0.29) is 0 Å². The fourth-order valence-electron chi connectivity index (χ4n) is 1.49. The lowest BCUT2D eigenvalue weighted by molar-refractivity contribution is 0.947. The van der Waals surface area contributed by atoms with E-state index in [1.54, 1.807) is 11.3 Å². The molecule has 0 bridgehead atoms. The number of anilines is 1. The second-order valence-electron chi connectivity index (χ2n) is 3.78. The molecule has 3 nitrogen and oxygen atoms in total. The molecule has 2 aromatic heterocycles. The number of nitrogens with zero attached hydrogens (tertiary/aromatic N) is 2. The van der Waals surface area contributed by atoms with Gasteiger partial charge in [0.25, 0.3) is 0 Å². The first kappa shape index (κ1) is 12.5. The summed E-state index contributed by atoms with van der Waals surface area (Å²) in [5, 5.41) is 7.38. The van der Waals surface area contributed by atoms with Crippen LogP contribution in [-0.4, -0.2) is 16.5 Å². The summed E-state index contributed by atoms with van der Waals surface area (Å²) in [7, 11) is 0. The molecule has 0 aliphatic carbocycles. The van der Waals surface area contributed by atoms with Crippen LogP contribution in [0.2, 0.25) is 0 Å². The van der Waals surface area contributed by atoms with Gasteiger partial charge in [0.1, 0.15) is 0 Å². The molecule has 1 N–H and O–H groups in total. The largest absolute Gasteiger partial charge is 0.354 e. The third-order valence-electron chi connectivity index (χ3n) is 2.28. The number of rotatable bonds is 4. The van der Waals surface area contributed by atoms with Crippen molar-refractivity contribution in [3.63, 3.8) is 0 Å². The topological polar surface area (TPSA) is 37.8 Å². The van der Waals surface area contributed by atoms with Crippen LogP contribution in [0.5, 0.6) is 0 Å². The molecule has 0 amide bonds. The predicted octanol–water partition coefficient (Wildman–Crippen LogP) is 4.10. The molecule has 0 unspecified atom stereocenters. The highest BCUT2D eigenvalue weighted by atomic mass is 79.9. The number of halogens is 1. The zero-order valence-electron chi connectivity index (χ0n) is 9.83. The molecule has 0 radical (unpaired) electrons. The minimum absolute atomic E-state index is 0.708. The van der Waals surface area contributed by atoms with E-state index in [4.69, 9.17) is 0 Å². The fraction of sp³-hybridized carbons (Fsp3) is 0.333. The number of thiophene rings is 1. The van der Waals surface area contributed by atoms with Crippen LogP contribution in [-0.2, 0) is 0 Å². The Bertz CT molecular complexity index is 510. The van der Waals surface area contributed by atoms with Gasteiger partial charge in [0, 0.05) is 33.0 Å². The molecule has 2 rings (SSSR count). The molecule has 0 aliphatic heterocycles. The van der Waals surface area contributed by atoms with Gasteiger partial charge in [-0.15, -0.1) is 0 Å². The van der Waals surface area contributed by atoms with E-state index in [1.807, 2.05) is 13.0 Å². The Morgan fingerprint density at radius 3 is 2.82 bits per heavy atom. The Kier molecular flexibility index (Phi) is 4.12. The Hall–Kier alpha value is -0.940. The molecule has 0 saturated heterocycles. The van der Waals surface area contributed by atoms with Crippen LogP contribution in [0.15, 0.2) is 21.3 Å². The Labute approximate surface area is 113 Å². The SMILES string of the molecule is CCCNc1nc(C)cc(-c2cscc2Br)n1. The van der Waals surface area contributed by atoms with Crippen molar-refractivity contribution in [1.82, 2.24) is 9.97 Å². The van der Waals surface area contributed by atoms with E-state index in [9.17, 15) is 0 Å². The molecule has 0 fully saturated rings. The smallest absolute Gasteiger partial charge is 0.223 e. The van der Waals surface area contributed by atoms with E-state index >= 15 is 0 Å². The van der Waals surface area contributed by atoms with Crippen molar-refractivity contribution >= 4 is 33.2 Å². The standard InChI is InChI=1S/C12H14BrN3S/c1-3-4-14-12-15-8(2)5-11(16-12)9-6-17-7-10(9)13/h5-7H,3-4H2,1-2H3,(H,14,15,16). The Morgan fingerprint density at radius 1 is 1.35 bits per heavy atom. The molecule has 0 saturated carbocycles. The molecule has 0 aliphatic rings. The van der Waals surface area contributed by atoms with Crippen molar-refractivity contribution in [1.29, 1.82) is 0 Å². The summed E-state index contributed by atoms with van der Waals surface area (Å²) in [4.78, 5) is 8.91. The van der Waals surface area contributed by atoms with E-state index < -0.39 is 0 Å². The van der Waals surface area contributed by atoms with E-state index in [0.717, 1.165) is 34.4 Å². The van der Waals surface area contributed by atoms with Gasteiger partial charge >= 0.3 is 0 Å². The maximum Gasteiger partial charge on any atom is 0.223 e. The molecular formula is C12H14BrN3S. The zero-order valence-corrected chi connectivity index (χ0v) is 12.2. The molecule has 2 aromatic rings. The molecular weight excluding hydrogens is 298 g/mol. The summed E-state index contributed by atoms with van der Waals surface area (Å²) < 4.78 is 1.09. The van der Waals surface area contributed by atoms with Gasteiger partial charge in [0.05, 0.1) is 5.69 Å². The van der Waals surface area contributed by atoms with Crippen molar-refractivity contribution in [2.75, 3.05) is 11.9 Å². The van der Waals surface area contributed by atoms with Gasteiger partial charge in [0.2, 0.25) is 5.95 Å². The van der Waals surface area contributed by atoms with Crippen LogP contribution in [0.3, 0.4) is 0 Å². The summed E-state index contributed by atoms with van der Waals surface area (Å²) in [5.41, 5.74) is 3.07. The number of nitrogens with one attached hydrogen (secondary N) is 1. The minimum atomic E-state index is 0.708. The third kappa shape index (κ3) is 3.04. The zero-order chi connectivity index (χ0) is 12.3. The molecule has 17 heavy (non-hydrogen) atoms. The molecule has 2 heterocycles. The Balaban J connectivity index is 2.35. The molecule has 90 valence electrons. The molecule has 0 atom stereocenters. The van der Waals surface area contributed by atoms with Crippen LogP contribution in [0.25, 0.3) is 11.3 Å². The van der Waals surface area contributed by atoms with Gasteiger partial charge in [-0.05, 0) is 35.3 Å². The first-order chi connectivity index (χ1) is 8.20. The maximum absolute atomic E-state index is 4.53. The van der Waals surface area contributed by atoms with Crippen LogP contribution in [0, 0.1) is 6.92 Å². The monoisotopic (exact) mass is 311 g/mol. The van der Waals surface area contributed by atoms with Gasteiger partial charge in [-0.1, -0.05) is 6.92 Å². The quantitative estimate of drug-likeness (QED) is 0.923. The predicted molar refractivity (Wildman–Crippen MR) is 76.6 cm³/mol. The Morgan fingerprint density at radius 2 is 2.18 bits per heavy atom. The summed E-state index contributed by atoms with van der Waals surface area (Å²) in [6, 6.07) is 2.00. The summed E-state index contributed by atoms with van der Waals surface area (Å²) in [6.45, 7) is 5.01. The number of aryl methyl sites for hydroxylation is 1. The van der Waals surface area contributed by atoms with Gasteiger partial charge in [-0.3, -0.25) is 0 Å². The van der Waals surface area contributed by atoms with Crippen molar-refractivity contribution < 1.29 is 0 Å². The number of aromatic nitrogens is 2. The lowest BCUT2D eigenvalue weighted by atomic mass is 10.2. The van der Waals surface area contributed by atoms with Crippen LogP contribution < -0.4 is 5.32 Å². The van der Waals surface area contributed by atoms with E-state index in [1.165, 1.54) is 0 Å². The van der Waals surface area contributed by atoms with Gasteiger partial charge < -0.3 is 5.32 Å². The van der Waals surface area contributed by atoms with Crippen LogP contribution in [0.1, 0.15) is 19.0 Å². The fourth-order valence-corrected chi connectivity index (χ4v) is 2.98. The van der Waals surface area contributed by atoms with Gasteiger partial charge in [-0.25, -0.2) is 9.97 Å². The summed E-state index contributed by atoms with van der Waals surface area (Å²) in [5.74, 6) is 0.708. The second-order valence-corrected chi connectivity index (χ2v) is 5.38. The van der Waals surface area contributed by atoms with Crippen molar-refractivity contribution in [2.45, 2.75) is 20.3 Å². The third-order valence-corrected chi connectivity index (χ3v) is 3.98. The first-order valence-electron chi connectivity index (χ1n) is 5.52. The van der Waals surface area contributed by atoms with Crippen molar-refractivity contribution in [3.05, 3.63) is 27.0 Å². The van der Waals surface area contributed by atoms with Crippen LogP contribution >= 0.6 is 27.3 Å². The lowest BCUT2D eigenvalue weighted by Crippen LogP contribution is -2.05. The minimum Gasteiger partial charge on any atom is -0.354 e. The number of hydrogen-bond donors (Lipinski definition) is 1. The second kappa shape index (κ2) is 5.60. The first-order valence-corrected chi connectivity index (χ1v) is 7.26. The highest BCUT2D eigenvalue weighted by Gasteiger charge is 2.08. The van der Waals surface area contributed by atoms with Crippen molar-refractivity contribution in [2.24, 2.45) is 0 Å². The lowest BCUT2D eigenvalue weighted by Gasteiger charge is -2.06. The normalized spacial score (nSPS) is 10.5. The van der Waals surface area contributed by atoms with E-state index in [2.05, 4.69) is 48.9 Å². The highest BCUT2D eigenvalue weighted by molar-refractivity contribution is 9.10. The average molecular weight is 312 g/mol. The van der Waals surface area contributed by atoms with Crippen molar-refractivity contribution in [3.8, 4) is 11.3 Å².